The Morgan fingerprint density at radius 1 is 1.33 bits per heavy atom. The van der Waals surface area contributed by atoms with Crippen molar-refractivity contribution in [2.75, 3.05) is 12.4 Å². The molecule has 3 N–H and O–H groups in total. The van der Waals surface area contributed by atoms with E-state index in [4.69, 9.17) is 4.74 Å². The first-order valence-electron chi connectivity index (χ1n) is 6.63. The van der Waals surface area contributed by atoms with Crippen molar-refractivity contribution >= 4 is 17.7 Å². The van der Waals surface area contributed by atoms with E-state index in [0.29, 0.717) is 18.6 Å². The number of carbonyl (C=O) groups excluding carboxylic acids is 1. The minimum absolute atomic E-state index is 0.0645. The van der Waals surface area contributed by atoms with Gasteiger partial charge in [0.05, 0.1) is 12.8 Å². The number of halogens is 1. The lowest BCUT2D eigenvalue weighted by molar-refractivity contribution is -0.144. The van der Waals surface area contributed by atoms with Gasteiger partial charge in [-0.15, -0.1) is 0 Å². The lowest BCUT2D eigenvalue weighted by atomic mass is 9.98. The Morgan fingerprint density at radius 3 is 2.57 bits per heavy atom. The summed E-state index contributed by atoms with van der Waals surface area (Å²) in [5.41, 5.74) is -1.33. The molecule has 0 radical (unpaired) electrons. The number of nitrogens with one attached hydrogen (secondary N) is 2. The maximum Gasteiger partial charge on any atom is 0.329 e. The van der Waals surface area contributed by atoms with Crippen LogP contribution in [0.2, 0.25) is 0 Å². The van der Waals surface area contributed by atoms with Crippen molar-refractivity contribution in [2.24, 2.45) is 0 Å². The fourth-order valence-electron chi connectivity index (χ4n) is 2.47. The molecule has 1 aliphatic rings. The summed E-state index contributed by atoms with van der Waals surface area (Å²) >= 11 is 0. The van der Waals surface area contributed by atoms with Crippen molar-refractivity contribution < 1.29 is 23.8 Å². The van der Waals surface area contributed by atoms with E-state index >= 15 is 0 Å². The standard InChI is InChI=1S/C14H17FN2O4/c1-21-9-4-5-10(15)11(8-9)16-13(20)17-14(12(18)19)6-2-3-7-14/h4-5,8H,2-3,6-7H2,1H3,(H,18,19)(H2,16,17,20). The number of aliphatic carboxylic acids is 1. The number of hydrogen-bond acceptors (Lipinski definition) is 3. The van der Waals surface area contributed by atoms with Crippen LogP contribution in [0.3, 0.4) is 0 Å². The minimum atomic E-state index is -1.26. The topological polar surface area (TPSA) is 87.7 Å². The summed E-state index contributed by atoms with van der Waals surface area (Å²) in [6.07, 6.45) is 2.22. The van der Waals surface area contributed by atoms with Gasteiger partial charge in [0.2, 0.25) is 0 Å². The van der Waals surface area contributed by atoms with Crippen molar-refractivity contribution in [1.29, 1.82) is 0 Å². The molecule has 1 aliphatic carbocycles. The third-order valence-electron chi connectivity index (χ3n) is 3.64. The molecule has 0 bridgehead atoms. The van der Waals surface area contributed by atoms with Gasteiger partial charge in [-0.25, -0.2) is 14.0 Å². The molecular formula is C14H17FN2O4. The summed E-state index contributed by atoms with van der Waals surface area (Å²) in [6.45, 7) is 0. The molecular weight excluding hydrogens is 279 g/mol. The highest BCUT2D eigenvalue weighted by atomic mass is 19.1. The van der Waals surface area contributed by atoms with E-state index in [1.54, 1.807) is 0 Å². The van der Waals surface area contributed by atoms with Crippen LogP contribution < -0.4 is 15.4 Å². The largest absolute Gasteiger partial charge is 0.497 e. The summed E-state index contributed by atoms with van der Waals surface area (Å²) in [6, 6.07) is 3.17. The van der Waals surface area contributed by atoms with Crippen molar-refractivity contribution in [3.05, 3.63) is 24.0 Å². The van der Waals surface area contributed by atoms with Crippen LogP contribution in [0, 0.1) is 5.82 Å². The molecule has 0 saturated heterocycles. The zero-order valence-corrected chi connectivity index (χ0v) is 11.6. The third kappa shape index (κ3) is 3.24. The van der Waals surface area contributed by atoms with Crippen molar-refractivity contribution in [1.82, 2.24) is 5.32 Å². The molecule has 1 fully saturated rings. The van der Waals surface area contributed by atoms with Gasteiger partial charge in [0.15, 0.2) is 0 Å². The normalized spacial score (nSPS) is 16.3. The average molecular weight is 296 g/mol. The number of amides is 2. The van der Waals surface area contributed by atoms with Crippen LogP contribution in [0.25, 0.3) is 0 Å². The number of anilines is 1. The monoisotopic (exact) mass is 296 g/mol. The molecule has 2 amide bonds. The van der Waals surface area contributed by atoms with E-state index in [0.717, 1.165) is 18.9 Å². The summed E-state index contributed by atoms with van der Waals surface area (Å²) in [4.78, 5) is 23.3. The molecule has 0 aliphatic heterocycles. The van der Waals surface area contributed by atoms with Crippen molar-refractivity contribution in [3.8, 4) is 5.75 Å². The van der Waals surface area contributed by atoms with Gasteiger partial charge < -0.3 is 20.5 Å². The Hall–Kier alpha value is -2.31. The second kappa shape index (κ2) is 5.99. The molecule has 7 heteroatoms. The van der Waals surface area contributed by atoms with Crippen LogP contribution in [0.4, 0.5) is 14.9 Å². The maximum absolute atomic E-state index is 13.6. The second-order valence-corrected chi connectivity index (χ2v) is 5.02. The van der Waals surface area contributed by atoms with Gasteiger partial charge in [0, 0.05) is 6.07 Å². The molecule has 1 aromatic rings. The quantitative estimate of drug-likeness (QED) is 0.796. The molecule has 0 atom stereocenters. The minimum Gasteiger partial charge on any atom is -0.497 e. The van der Waals surface area contributed by atoms with E-state index in [-0.39, 0.29) is 5.69 Å². The molecule has 0 unspecified atom stereocenters. The summed E-state index contributed by atoms with van der Waals surface area (Å²) in [5, 5.41) is 14.0. The fraction of sp³-hybridized carbons (Fsp3) is 0.429. The van der Waals surface area contributed by atoms with Crippen LogP contribution >= 0.6 is 0 Å². The van der Waals surface area contributed by atoms with E-state index in [1.807, 2.05) is 0 Å². The number of carboxylic acid groups (broad SMARTS) is 1. The third-order valence-corrected chi connectivity index (χ3v) is 3.64. The van der Waals surface area contributed by atoms with Gasteiger partial charge >= 0.3 is 12.0 Å². The van der Waals surface area contributed by atoms with Crippen LogP contribution in [-0.4, -0.2) is 29.8 Å². The predicted molar refractivity (Wildman–Crippen MR) is 73.9 cm³/mol. The molecule has 0 aromatic heterocycles. The Kier molecular flexibility index (Phi) is 4.30. The van der Waals surface area contributed by atoms with Gasteiger partial charge in [-0.3, -0.25) is 0 Å². The highest BCUT2D eigenvalue weighted by molar-refractivity contribution is 5.94. The first-order valence-corrected chi connectivity index (χ1v) is 6.63. The fourth-order valence-corrected chi connectivity index (χ4v) is 2.47. The van der Waals surface area contributed by atoms with Gasteiger partial charge in [-0.05, 0) is 25.0 Å². The SMILES string of the molecule is COc1ccc(F)c(NC(=O)NC2(C(=O)O)CCCC2)c1. The van der Waals surface area contributed by atoms with Crippen LogP contribution in [-0.2, 0) is 4.79 Å². The summed E-state index contributed by atoms with van der Waals surface area (Å²) in [7, 11) is 1.43. The number of methoxy groups -OCH3 is 1. The van der Waals surface area contributed by atoms with Gasteiger partial charge in [0.1, 0.15) is 17.1 Å². The van der Waals surface area contributed by atoms with E-state index in [1.165, 1.54) is 19.2 Å². The number of carboxylic acids is 1. The number of urea groups is 1. The number of benzene rings is 1. The average Bonchev–Trinajstić information content (AvgIpc) is 2.91. The smallest absolute Gasteiger partial charge is 0.329 e. The number of hydrogen-bond donors (Lipinski definition) is 3. The molecule has 21 heavy (non-hydrogen) atoms. The van der Waals surface area contributed by atoms with Gasteiger partial charge in [-0.1, -0.05) is 12.8 Å². The highest BCUT2D eigenvalue weighted by Crippen LogP contribution is 2.30. The van der Waals surface area contributed by atoms with Crippen molar-refractivity contribution in [3.63, 3.8) is 0 Å². The Morgan fingerprint density at radius 2 is 2.00 bits per heavy atom. The molecule has 2 rings (SSSR count). The molecule has 0 heterocycles. The summed E-state index contributed by atoms with van der Waals surface area (Å²) < 4.78 is 18.6. The van der Waals surface area contributed by atoms with Crippen LogP contribution in [0.5, 0.6) is 5.75 Å². The molecule has 1 saturated carbocycles. The maximum atomic E-state index is 13.6. The van der Waals surface area contributed by atoms with E-state index in [2.05, 4.69) is 10.6 Å². The first-order chi connectivity index (χ1) is 9.97. The zero-order valence-electron chi connectivity index (χ0n) is 11.6. The molecule has 1 aromatic carbocycles. The Balaban J connectivity index is 2.09. The Labute approximate surface area is 121 Å². The van der Waals surface area contributed by atoms with Gasteiger partial charge in [0.25, 0.3) is 0 Å². The lowest BCUT2D eigenvalue weighted by Crippen LogP contribution is -2.53. The second-order valence-electron chi connectivity index (χ2n) is 5.02. The van der Waals surface area contributed by atoms with Crippen LogP contribution in [0.15, 0.2) is 18.2 Å². The highest BCUT2D eigenvalue weighted by Gasteiger charge is 2.42. The van der Waals surface area contributed by atoms with Gasteiger partial charge in [-0.2, -0.15) is 0 Å². The molecule has 114 valence electrons. The van der Waals surface area contributed by atoms with E-state index in [9.17, 15) is 19.1 Å². The zero-order chi connectivity index (χ0) is 15.5. The first kappa shape index (κ1) is 15.1. The Bertz CT molecular complexity index is 556. The number of carbonyl (C=O) groups is 2. The molecule has 6 nitrogen and oxygen atoms in total. The van der Waals surface area contributed by atoms with Crippen LogP contribution in [0.1, 0.15) is 25.7 Å². The molecule has 0 spiro atoms. The predicted octanol–water partition coefficient (Wildman–Crippen LogP) is 2.35. The number of rotatable bonds is 4. The van der Waals surface area contributed by atoms with Crippen molar-refractivity contribution in [2.45, 2.75) is 31.2 Å². The summed E-state index contributed by atoms with van der Waals surface area (Å²) in [5.74, 6) is -1.30. The lowest BCUT2D eigenvalue weighted by Gasteiger charge is -2.25. The van der Waals surface area contributed by atoms with E-state index < -0.39 is 23.4 Å². The number of ether oxygens (including phenoxy) is 1.